The highest BCUT2D eigenvalue weighted by Gasteiger charge is 2.23. The molecule has 1 N–H and O–H groups in total. The zero-order valence-electron chi connectivity index (χ0n) is 20.0. The van der Waals surface area contributed by atoms with E-state index < -0.39 is 5.97 Å². The topological polar surface area (TPSA) is 64.1 Å². The third-order valence-corrected chi connectivity index (χ3v) is 7.70. The van der Waals surface area contributed by atoms with E-state index in [1.807, 2.05) is 5.38 Å². The second-order valence-corrected chi connectivity index (χ2v) is 10.3. The maximum absolute atomic E-state index is 13.5. The molecule has 3 heterocycles. The van der Waals surface area contributed by atoms with Crippen LogP contribution in [-0.2, 0) is 4.74 Å². The lowest BCUT2D eigenvalue weighted by Crippen LogP contribution is -2.08. The van der Waals surface area contributed by atoms with Crippen molar-refractivity contribution >= 4 is 49.7 Å². The third-order valence-electron chi connectivity index (χ3n) is 5.92. The Balaban J connectivity index is 1.59. The Labute approximate surface area is 216 Å². The van der Waals surface area contributed by atoms with E-state index in [1.165, 1.54) is 35.4 Å². The molecule has 8 heteroatoms. The van der Waals surface area contributed by atoms with Crippen LogP contribution in [0.15, 0.2) is 65.6 Å². The summed E-state index contributed by atoms with van der Waals surface area (Å²) in [4.78, 5) is 22.9. The molecule has 5 rings (SSSR count). The number of hydrogen-bond acceptors (Lipinski definition) is 7. The molecule has 0 unspecified atom stereocenters. The van der Waals surface area contributed by atoms with Gasteiger partial charge in [-0.15, -0.1) is 22.7 Å². The SMILES string of the molecule is CCOC(=O)c1c(-c2ccc(F)cc2)csc1Nc1ncnc2scc(-c3ccc(C(C)C)cc3)c12. The molecule has 0 atom stereocenters. The van der Waals surface area contributed by atoms with Gasteiger partial charge in [-0.2, -0.15) is 0 Å². The fraction of sp³-hybridized carbons (Fsp3) is 0.179. The number of rotatable bonds is 7. The van der Waals surface area contributed by atoms with Crippen LogP contribution in [0.25, 0.3) is 32.5 Å². The van der Waals surface area contributed by atoms with Crippen LogP contribution >= 0.6 is 22.7 Å². The van der Waals surface area contributed by atoms with Gasteiger partial charge in [0.15, 0.2) is 0 Å². The number of nitrogens with zero attached hydrogens (tertiary/aromatic N) is 2. The molecule has 0 saturated carbocycles. The zero-order chi connectivity index (χ0) is 25.2. The van der Waals surface area contributed by atoms with Crippen molar-refractivity contribution in [3.8, 4) is 22.3 Å². The van der Waals surface area contributed by atoms with Crippen LogP contribution in [0.4, 0.5) is 15.2 Å². The molecule has 0 radical (unpaired) electrons. The van der Waals surface area contributed by atoms with E-state index in [-0.39, 0.29) is 12.4 Å². The minimum absolute atomic E-state index is 0.246. The molecule has 2 aromatic carbocycles. The molecule has 0 aliphatic heterocycles. The Hall–Kier alpha value is -3.62. The minimum atomic E-state index is -0.444. The molecule has 3 aromatic heterocycles. The Morgan fingerprint density at radius 2 is 1.64 bits per heavy atom. The number of carbonyl (C=O) groups is 1. The van der Waals surface area contributed by atoms with E-state index in [0.717, 1.165) is 26.9 Å². The summed E-state index contributed by atoms with van der Waals surface area (Å²) in [5.74, 6) is 0.289. The monoisotopic (exact) mass is 517 g/mol. The number of aromatic nitrogens is 2. The van der Waals surface area contributed by atoms with Crippen molar-refractivity contribution in [2.45, 2.75) is 26.7 Å². The van der Waals surface area contributed by atoms with Gasteiger partial charge in [0.05, 0.1) is 12.0 Å². The lowest BCUT2D eigenvalue weighted by atomic mass is 9.99. The molecule has 0 saturated heterocycles. The van der Waals surface area contributed by atoms with Crippen molar-refractivity contribution in [2.75, 3.05) is 11.9 Å². The largest absolute Gasteiger partial charge is 0.462 e. The number of hydrogen-bond donors (Lipinski definition) is 1. The Bertz CT molecular complexity index is 1520. The number of nitrogens with one attached hydrogen (secondary N) is 1. The predicted octanol–water partition coefficient (Wildman–Crippen LogP) is 8.27. The molecule has 5 nitrogen and oxygen atoms in total. The third kappa shape index (κ3) is 4.62. The molecular weight excluding hydrogens is 493 g/mol. The molecule has 0 fully saturated rings. The molecule has 0 aliphatic rings. The van der Waals surface area contributed by atoms with Gasteiger partial charge in [-0.05, 0) is 41.7 Å². The van der Waals surface area contributed by atoms with Gasteiger partial charge in [0.1, 0.15) is 33.4 Å². The number of thiophene rings is 2. The molecule has 0 spiro atoms. The van der Waals surface area contributed by atoms with E-state index in [4.69, 9.17) is 4.74 Å². The van der Waals surface area contributed by atoms with Crippen molar-refractivity contribution in [2.24, 2.45) is 0 Å². The number of fused-ring (bicyclic) bond motifs is 1. The average molecular weight is 518 g/mol. The smallest absolute Gasteiger partial charge is 0.341 e. The van der Waals surface area contributed by atoms with Crippen LogP contribution in [0.1, 0.15) is 42.6 Å². The van der Waals surface area contributed by atoms with Gasteiger partial charge in [0, 0.05) is 21.9 Å². The predicted molar refractivity (Wildman–Crippen MR) is 146 cm³/mol. The molecule has 182 valence electrons. The molecule has 0 bridgehead atoms. The lowest BCUT2D eigenvalue weighted by molar-refractivity contribution is 0.0529. The first-order chi connectivity index (χ1) is 17.5. The maximum atomic E-state index is 13.5. The summed E-state index contributed by atoms with van der Waals surface area (Å²) in [6, 6.07) is 14.6. The van der Waals surface area contributed by atoms with Gasteiger partial charge in [-0.25, -0.2) is 19.2 Å². The maximum Gasteiger partial charge on any atom is 0.341 e. The quantitative estimate of drug-likeness (QED) is 0.220. The number of ether oxygens (including phenoxy) is 1. The first-order valence-corrected chi connectivity index (χ1v) is 13.4. The van der Waals surface area contributed by atoms with E-state index in [2.05, 4.69) is 58.8 Å². The van der Waals surface area contributed by atoms with Crippen LogP contribution < -0.4 is 5.32 Å². The van der Waals surface area contributed by atoms with Gasteiger partial charge in [-0.3, -0.25) is 0 Å². The van der Waals surface area contributed by atoms with Crippen molar-refractivity contribution in [1.29, 1.82) is 0 Å². The molecule has 36 heavy (non-hydrogen) atoms. The summed E-state index contributed by atoms with van der Waals surface area (Å²) < 4.78 is 18.9. The summed E-state index contributed by atoms with van der Waals surface area (Å²) in [5.41, 5.74) is 5.20. The summed E-state index contributed by atoms with van der Waals surface area (Å²) in [7, 11) is 0. The highest BCUT2D eigenvalue weighted by molar-refractivity contribution is 7.17. The number of halogens is 1. The zero-order valence-corrected chi connectivity index (χ0v) is 21.7. The standard InChI is InChI=1S/C28H24FN3O2S2/c1-4-34-28(33)24-22(19-9-11-20(29)12-10-19)14-36-27(24)32-25-23-21(13-35-26(23)31-15-30-25)18-7-5-17(6-8-18)16(2)3/h5-16H,4H2,1-3H3,(H,30,31,32). The molecule has 0 aliphatic carbocycles. The lowest BCUT2D eigenvalue weighted by Gasteiger charge is -2.11. The van der Waals surface area contributed by atoms with Gasteiger partial charge in [0.25, 0.3) is 0 Å². The second kappa shape index (κ2) is 10.2. The van der Waals surface area contributed by atoms with Gasteiger partial charge >= 0.3 is 5.97 Å². The fourth-order valence-corrected chi connectivity index (χ4v) is 5.91. The molecule has 5 aromatic rings. The summed E-state index contributed by atoms with van der Waals surface area (Å²) in [6.07, 6.45) is 1.52. The van der Waals surface area contributed by atoms with E-state index in [0.29, 0.717) is 27.9 Å². The van der Waals surface area contributed by atoms with Crippen molar-refractivity contribution < 1.29 is 13.9 Å². The van der Waals surface area contributed by atoms with Gasteiger partial charge in [-0.1, -0.05) is 50.2 Å². The highest BCUT2D eigenvalue weighted by atomic mass is 32.1. The number of esters is 1. The van der Waals surface area contributed by atoms with E-state index in [9.17, 15) is 9.18 Å². The Morgan fingerprint density at radius 1 is 0.972 bits per heavy atom. The Kier molecular flexibility index (Phi) is 6.80. The fourth-order valence-electron chi connectivity index (χ4n) is 4.04. The van der Waals surface area contributed by atoms with E-state index in [1.54, 1.807) is 30.4 Å². The number of anilines is 2. The first kappa shape index (κ1) is 24.1. The van der Waals surface area contributed by atoms with Crippen molar-refractivity contribution in [1.82, 2.24) is 9.97 Å². The summed E-state index contributed by atoms with van der Waals surface area (Å²) >= 11 is 2.93. The van der Waals surface area contributed by atoms with Crippen LogP contribution in [0, 0.1) is 5.82 Å². The molecular formula is C28H24FN3O2S2. The van der Waals surface area contributed by atoms with Crippen molar-refractivity contribution in [3.63, 3.8) is 0 Å². The van der Waals surface area contributed by atoms with Crippen LogP contribution in [0.3, 0.4) is 0 Å². The number of carbonyl (C=O) groups excluding carboxylic acids is 1. The highest BCUT2D eigenvalue weighted by Crippen LogP contribution is 2.41. The normalized spacial score (nSPS) is 11.2. The molecule has 0 amide bonds. The van der Waals surface area contributed by atoms with Crippen molar-refractivity contribution in [3.05, 3.63) is 82.6 Å². The average Bonchev–Trinajstić information content (AvgIpc) is 3.50. The minimum Gasteiger partial charge on any atom is -0.462 e. The number of benzene rings is 2. The van der Waals surface area contributed by atoms with Gasteiger partial charge < -0.3 is 10.1 Å². The summed E-state index contributed by atoms with van der Waals surface area (Å²) in [5, 5.41) is 8.84. The van der Waals surface area contributed by atoms with Gasteiger partial charge in [0.2, 0.25) is 0 Å². The summed E-state index contributed by atoms with van der Waals surface area (Å²) in [6.45, 7) is 6.36. The van der Waals surface area contributed by atoms with Crippen LogP contribution in [0.5, 0.6) is 0 Å². The van der Waals surface area contributed by atoms with Crippen LogP contribution in [0.2, 0.25) is 0 Å². The van der Waals surface area contributed by atoms with Crippen LogP contribution in [-0.4, -0.2) is 22.5 Å². The Morgan fingerprint density at radius 3 is 2.33 bits per heavy atom. The second-order valence-electron chi connectivity index (χ2n) is 8.53. The first-order valence-electron chi connectivity index (χ1n) is 11.6. The van der Waals surface area contributed by atoms with E-state index >= 15 is 0 Å².